The Bertz CT molecular complexity index is 435. The van der Waals surface area contributed by atoms with Gasteiger partial charge in [0.15, 0.2) is 5.96 Å². The van der Waals surface area contributed by atoms with Crippen LogP contribution >= 0.6 is 11.3 Å². The summed E-state index contributed by atoms with van der Waals surface area (Å²) >= 11 is 1.76. The maximum atomic E-state index is 4.66. The average molecular weight is 294 g/mol. The molecular weight excluding hydrogens is 268 g/mol. The first-order chi connectivity index (χ1) is 9.69. The molecule has 0 atom stereocenters. The molecule has 1 heterocycles. The number of rotatable bonds is 7. The predicted octanol–water partition coefficient (Wildman–Crippen LogP) is 2.77. The number of thiazole rings is 1. The normalized spacial score (nSPS) is 15.7. The molecule has 1 aromatic heterocycles. The highest BCUT2D eigenvalue weighted by Crippen LogP contribution is 2.28. The Hall–Kier alpha value is -1.10. The number of aliphatic imine (C=N–C) groups is 1. The van der Waals surface area contributed by atoms with Crippen molar-refractivity contribution in [3.63, 3.8) is 0 Å². The van der Waals surface area contributed by atoms with Crippen molar-refractivity contribution in [3.05, 3.63) is 16.1 Å². The van der Waals surface area contributed by atoms with Crippen molar-refractivity contribution in [2.75, 3.05) is 19.6 Å². The molecule has 2 N–H and O–H groups in total. The standard InChI is InChI=1S/C15H26N4S/c1-4-16-15(18-9-12-5-6-12)17-8-7-13-10-20-14(19-13)11(2)3/h10-12H,4-9H2,1-3H3,(H2,16,17,18). The van der Waals surface area contributed by atoms with E-state index in [1.54, 1.807) is 11.3 Å². The third kappa shape index (κ3) is 5.12. The van der Waals surface area contributed by atoms with Crippen LogP contribution in [0, 0.1) is 5.92 Å². The van der Waals surface area contributed by atoms with Gasteiger partial charge in [-0.1, -0.05) is 13.8 Å². The summed E-state index contributed by atoms with van der Waals surface area (Å²) < 4.78 is 0. The van der Waals surface area contributed by atoms with Gasteiger partial charge >= 0.3 is 0 Å². The molecule has 0 radical (unpaired) electrons. The number of guanidine groups is 1. The summed E-state index contributed by atoms with van der Waals surface area (Å²) in [5.41, 5.74) is 1.18. The first-order valence-corrected chi connectivity index (χ1v) is 8.53. The van der Waals surface area contributed by atoms with Gasteiger partial charge in [0.25, 0.3) is 0 Å². The average Bonchev–Trinajstić information content (AvgIpc) is 3.12. The van der Waals surface area contributed by atoms with Crippen molar-refractivity contribution < 1.29 is 0 Å². The lowest BCUT2D eigenvalue weighted by molar-refractivity contribution is 0.766. The van der Waals surface area contributed by atoms with Crippen molar-refractivity contribution in [2.24, 2.45) is 10.9 Å². The lowest BCUT2D eigenvalue weighted by Crippen LogP contribution is -2.38. The second kappa shape index (κ2) is 7.62. The van der Waals surface area contributed by atoms with E-state index in [4.69, 9.17) is 0 Å². The molecule has 0 bridgehead atoms. The van der Waals surface area contributed by atoms with Gasteiger partial charge in [0, 0.05) is 37.4 Å². The Balaban J connectivity index is 1.74. The highest BCUT2D eigenvalue weighted by molar-refractivity contribution is 7.09. The van der Waals surface area contributed by atoms with Crippen molar-refractivity contribution in [3.8, 4) is 0 Å². The lowest BCUT2D eigenvalue weighted by Gasteiger charge is -2.10. The fourth-order valence-electron chi connectivity index (χ4n) is 1.87. The zero-order valence-electron chi connectivity index (χ0n) is 12.8. The summed E-state index contributed by atoms with van der Waals surface area (Å²) in [7, 11) is 0. The Labute approximate surface area is 126 Å². The third-order valence-corrected chi connectivity index (χ3v) is 4.48. The number of aromatic nitrogens is 1. The van der Waals surface area contributed by atoms with E-state index in [-0.39, 0.29) is 0 Å². The molecule has 1 aliphatic rings. The Morgan fingerprint density at radius 3 is 2.85 bits per heavy atom. The molecule has 0 unspecified atom stereocenters. The molecule has 2 rings (SSSR count). The van der Waals surface area contributed by atoms with Crippen LogP contribution in [0.1, 0.15) is 50.2 Å². The summed E-state index contributed by atoms with van der Waals surface area (Å²) in [6.45, 7) is 9.24. The Morgan fingerprint density at radius 1 is 1.45 bits per heavy atom. The zero-order valence-corrected chi connectivity index (χ0v) is 13.6. The molecular formula is C15H26N4S. The van der Waals surface area contributed by atoms with Gasteiger partial charge in [0.05, 0.1) is 10.7 Å². The minimum atomic E-state index is 0.527. The molecule has 0 saturated heterocycles. The fourth-order valence-corrected chi connectivity index (χ4v) is 2.74. The predicted molar refractivity (Wildman–Crippen MR) is 86.6 cm³/mol. The van der Waals surface area contributed by atoms with E-state index in [0.717, 1.165) is 37.9 Å². The highest BCUT2D eigenvalue weighted by atomic mass is 32.1. The highest BCUT2D eigenvalue weighted by Gasteiger charge is 2.20. The van der Waals surface area contributed by atoms with Gasteiger partial charge in [-0.3, -0.25) is 4.99 Å². The first kappa shape index (κ1) is 15.3. The van der Waals surface area contributed by atoms with Crippen LogP contribution in [0.5, 0.6) is 0 Å². The number of nitrogens with zero attached hydrogens (tertiary/aromatic N) is 2. The van der Waals surface area contributed by atoms with Crippen LogP contribution in [0.15, 0.2) is 10.4 Å². The van der Waals surface area contributed by atoms with Crippen molar-refractivity contribution >= 4 is 17.3 Å². The molecule has 1 aliphatic carbocycles. The summed E-state index contributed by atoms with van der Waals surface area (Å²) in [5.74, 6) is 2.30. The minimum absolute atomic E-state index is 0.527. The van der Waals surface area contributed by atoms with Crippen molar-refractivity contribution in [1.82, 2.24) is 15.6 Å². The van der Waals surface area contributed by atoms with Crippen LogP contribution in [-0.4, -0.2) is 30.6 Å². The van der Waals surface area contributed by atoms with Gasteiger partial charge < -0.3 is 10.6 Å². The maximum Gasteiger partial charge on any atom is 0.191 e. The monoisotopic (exact) mass is 294 g/mol. The van der Waals surface area contributed by atoms with Crippen molar-refractivity contribution in [2.45, 2.75) is 46.0 Å². The largest absolute Gasteiger partial charge is 0.357 e. The van der Waals surface area contributed by atoms with E-state index in [1.165, 1.54) is 23.5 Å². The molecule has 1 fully saturated rings. The van der Waals surface area contributed by atoms with E-state index >= 15 is 0 Å². The van der Waals surface area contributed by atoms with Gasteiger partial charge in [-0.15, -0.1) is 11.3 Å². The second-order valence-corrected chi connectivity index (χ2v) is 6.56. The van der Waals surface area contributed by atoms with Gasteiger partial charge in [-0.25, -0.2) is 4.98 Å². The fraction of sp³-hybridized carbons (Fsp3) is 0.733. The minimum Gasteiger partial charge on any atom is -0.357 e. The molecule has 0 aliphatic heterocycles. The second-order valence-electron chi connectivity index (χ2n) is 5.67. The topological polar surface area (TPSA) is 49.3 Å². The molecule has 1 saturated carbocycles. The molecule has 0 spiro atoms. The van der Waals surface area contributed by atoms with E-state index in [1.807, 2.05) is 0 Å². The third-order valence-electron chi connectivity index (χ3n) is 3.29. The van der Waals surface area contributed by atoms with Crippen LogP contribution in [0.2, 0.25) is 0 Å². The van der Waals surface area contributed by atoms with Gasteiger partial charge in [0.1, 0.15) is 0 Å². The molecule has 0 aromatic carbocycles. The van der Waals surface area contributed by atoms with Crippen LogP contribution in [0.3, 0.4) is 0 Å². The summed E-state index contributed by atoms with van der Waals surface area (Å²) in [4.78, 5) is 9.27. The zero-order chi connectivity index (χ0) is 14.4. The number of hydrogen-bond donors (Lipinski definition) is 2. The summed E-state index contributed by atoms with van der Waals surface area (Å²) in [6.07, 6.45) is 3.65. The molecule has 5 heteroatoms. The van der Waals surface area contributed by atoms with Crippen LogP contribution in [-0.2, 0) is 6.42 Å². The van der Waals surface area contributed by atoms with Crippen LogP contribution in [0.25, 0.3) is 0 Å². The Kier molecular flexibility index (Phi) is 5.83. The molecule has 4 nitrogen and oxygen atoms in total. The quantitative estimate of drug-likeness (QED) is 0.600. The molecule has 1 aromatic rings. The van der Waals surface area contributed by atoms with E-state index in [9.17, 15) is 0 Å². The summed E-state index contributed by atoms with van der Waals surface area (Å²) in [6, 6.07) is 0. The molecule has 112 valence electrons. The molecule has 20 heavy (non-hydrogen) atoms. The Morgan fingerprint density at radius 2 is 2.25 bits per heavy atom. The number of nitrogens with one attached hydrogen (secondary N) is 2. The first-order valence-electron chi connectivity index (χ1n) is 7.65. The SMILES string of the molecule is CCNC(=NCC1CC1)NCCc1csc(C(C)C)n1. The van der Waals surface area contributed by atoms with Gasteiger partial charge in [-0.05, 0) is 25.7 Å². The molecule has 0 amide bonds. The van der Waals surface area contributed by atoms with E-state index in [0.29, 0.717) is 5.92 Å². The summed E-state index contributed by atoms with van der Waals surface area (Å²) in [5, 5.41) is 10.1. The number of hydrogen-bond acceptors (Lipinski definition) is 3. The van der Waals surface area contributed by atoms with Crippen LogP contribution < -0.4 is 10.6 Å². The maximum absolute atomic E-state index is 4.66. The van der Waals surface area contributed by atoms with Gasteiger partial charge in [-0.2, -0.15) is 0 Å². The van der Waals surface area contributed by atoms with Crippen LogP contribution in [0.4, 0.5) is 0 Å². The van der Waals surface area contributed by atoms with Gasteiger partial charge in [0.2, 0.25) is 0 Å². The van der Waals surface area contributed by atoms with E-state index in [2.05, 4.69) is 46.8 Å². The van der Waals surface area contributed by atoms with E-state index < -0.39 is 0 Å². The smallest absolute Gasteiger partial charge is 0.191 e. The van der Waals surface area contributed by atoms with Crippen molar-refractivity contribution in [1.29, 1.82) is 0 Å². The lowest BCUT2D eigenvalue weighted by atomic mass is 10.2.